The lowest BCUT2D eigenvalue weighted by Crippen LogP contribution is -2.16. The van der Waals surface area contributed by atoms with Gasteiger partial charge in [0.05, 0.1) is 24.6 Å². The predicted octanol–water partition coefficient (Wildman–Crippen LogP) is 1.84. The topological polar surface area (TPSA) is 79.7 Å². The molecule has 0 amide bonds. The van der Waals surface area contributed by atoms with E-state index in [0.29, 0.717) is 5.75 Å². The Balaban J connectivity index is 1.89. The third-order valence-corrected chi connectivity index (χ3v) is 2.70. The van der Waals surface area contributed by atoms with Gasteiger partial charge in [0.2, 0.25) is 0 Å². The number of benzene rings is 1. The lowest BCUT2D eigenvalue weighted by Gasteiger charge is -2.10. The zero-order valence-corrected chi connectivity index (χ0v) is 10.3. The Morgan fingerprint density at radius 3 is 3.00 bits per heavy atom. The summed E-state index contributed by atoms with van der Waals surface area (Å²) in [4.78, 5) is 14.6. The maximum Gasteiger partial charge on any atom is 0.305 e. The van der Waals surface area contributed by atoms with Crippen LogP contribution in [0, 0.1) is 0 Å². The Kier molecular flexibility index (Phi) is 4.30. The van der Waals surface area contributed by atoms with Crippen LogP contribution < -0.4 is 4.74 Å². The fourth-order valence-corrected chi connectivity index (χ4v) is 1.76. The van der Waals surface area contributed by atoms with E-state index in [9.17, 15) is 9.90 Å². The molecule has 19 heavy (non-hydrogen) atoms. The van der Waals surface area contributed by atoms with Crippen molar-refractivity contribution in [2.75, 3.05) is 6.61 Å². The first kappa shape index (κ1) is 13.3. The smallest absolute Gasteiger partial charge is 0.305 e. The molecule has 0 saturated heterocycles. The summed E-state index contributed by atoms with van der Waals surface area (Å²) in [5, 5.41) is 18.9. The molecule has 2 aromatic rings. The third-order valence-electron chi connectivity index (χ3n) is 2.70. The number of fused-ring (bicyclic) bond motifs is 1. The highest BCUT2D eigenvalue weighted by atomic mass is 16.5. The van der Waals surface area contributed by atoms with E-state index in [-0.39, 0.29) is 19.4 Å². The fraction of sp³-hybridized carbons (Fsp3) is 0.286. The first-order valence-electron chi connectivity index (χ1n) is 6.02. The van der Waals surface area contributed by atoms with E-state index in [1.807, 2.05) is 24.3 Å². The molecule has 0 spiro atoms. The van der Waals surface area contributed by atoms with E-state index in [1.54, 1.807) is 12.3 Å². The quantitative estimate of drug-likeness (QED) is 0.829. The van der Waals surface area contributed by atoms with Gasteiger partial charge in [0.1, 0.15) is 5.75 Å². The van der Waals surface area contributed by atoms with Gasteiger partial charge in [0.15, 0.2) is 0 Å². The van der Waals surface area contributed by atoms with E-state index >= 15 is 0 Å². The van der Waals surface area contributed by atoms with Gasteiger partial charge in [-0.15, -0.1) is 0 Å². The van der Waals surface area contributed by atoms with Crippen molar-refractivity contribution >= 4 is 16.9 Å². The van der Waals surface area contributed by atoms with Crippen molar-refractivity contribution < 1.29 is 19.7 Å². The minimum Gasteiger partial charge on any atom is -0.493 e. The number of rotatable bonds is 6. The number of nitrogens with zero attached hydrogens (tertiary/aromatic N) is 1. The Morgan fingerprint density at radius 1 is 1.37 bits per heavy atom. The van der Waals surface area contributed by atoms with Gasteiger partial charge in [0.25, 0.3) is 0 Å². The van der Waals surface area contributed by atoms with Crippen molar-refractivity contribution in [3.8, 4) is 5.75 Å². The second-order valence-corrected chi connectivity index (χ2v) is 4.25. The van der Waals surface area contributed by atoms with Crippen LogP contribution in [0.2, 0.25) is 0 Å². The van der Waals surface area contributed by atoms with Gasteiger partial charge in [-0.1, -0.05) is 6.07 Å². The molecule has 0 aliphatic carbocycles. The van der Waals surface area contributed by atoms with Crippen LogP contribution in [0.25, 0.3) is 10.9 Å². The average Bonchev–Trinajstić information content (AvgIpc) is 2.37. The van der Waals surface area contributed by atoms with Crippen molar-refractivity contribution in [3.63, 3.8) is 0 Å². The molecule has 2 rings (SSSR count). The molecule has 0 aliphatic heterocycles. The molecule has 1 heterocycles. The number of aromatic nitrogens is 1. The Hall–Kier alpha value is -2.14. The minimum atomic E-state index is -1.01. The van der Waals surface area contributed by atoms with Crippen LogP contribution in [-0.4, -0.2) is 33.9 Å². The predicted molar refractivity (Wildman–Crippen MR) is 70.1 cm³/mol. The lowest BCUT2D eigenvalue weighted by atomic mass is 10.2. The molecule has 1 aromatic carbocycles. The number of aliphatic carboxylic acids is 1. The van der Waals surface area contributed by atoms with Crippen molar-refractivity contribution in [2.45, 2.75) is 18.9 Å². The SMILES string of the molecule is O=C(O)CC(O)CCOc1ccc2ncccc2c1. The summed E-state index contributed by atoms with van der Waals surface area (Å²) in [5.41, 5.74) is 0.890. The molecule has 0 aliphatic rings. The number of pyridine rings is 1. The number of carboxylic acid groups (broad SMARTS) is 1. The fourth-order valence-electron chi connectivity index (χ4n) is 1.76. The molecular weight excluding hydrogens is 246 g/mol. The molecule has 5 heteroatoms. The van der Waals surface area contributed by atoms with Gasteiger partial charge >= 0.3 is 5.97 Å². The van der Waals surface area contributed by atoms with Crippen molar-refractivity contribution in [2.24, 2.45) is 0 Å². The van der Waals surface area contributed by atoms with Gasteiger partial charge in [-0.05, 0) is 24.3 Å². The van der Waals surface area contributed by atoms with E-state index < -0.39 is 12.1 Å². The van der Waals surface area contributed by atoms with Crippen LogP contribution in [0.4, 0.5) is 0 Å². The molecule has 100 valence electrons. The summed E-state index contributed by atoms with van der Waals surface area (Å²) in [6, 6.07) is 9.32. The zero-order valence-electron chi connectivity index (χ0n) is 10.3. The van der Waals surface area contributed by atoms with Crippen molar-refractivity contribution in [1.29, 1.82) is 0 Å². The van der Waals surface area contributed by atoms with Crippen molar-refractivity contribution in [3.05, 3.63) is 36.5 Å². The Bertz CT molecular complexity index is 570. The minimum absolute atomic E-state index is 0.259. The number of aliphatic hydroxyl groups is 1. The van der Waals surface area contributed by atoms with Gasteiger partial charge in [0, 0.05) is 18.0 Å². The van der Waals surface area contributed by atoms with Gasteiger partial charge in [-0.3, -0.25) is 9.78 Å². The summed E-state index contributed by atoms with van der Waals surface area (Å²) in [6.45, 7) is 0.278. The molecule has 0 radical (unpaired) electrons. The number of hydrogen-bond donors (Lipinski definition) is 2. The van der Waals surface area contributed by atoms with E-state index in [2.05, 4.69) is 4.98 Å². The Labute approximate surface area is 110 Å². The molecular formula is C14H15NO4. The summed E-state index contributed by atoms with van der Waals surface area (Å²) >= 11 is 0. The van der Waals surface area contributed by atoms with E-state index in [1.165, 1.54) is 0 Å². The second-order valence-electron chi connectivity index (χ2n) is 4.25. The summed E-state index contributed by atoms with van der Waals surface area (Å²) < 4.78 is 5.49. The van der Waals surface area contributed by atoms with Gasteiger partial charge < -0.3 is 14.9 Å². The molecule has 1 atom stereocenters. The molecule has 2 N–H and O–H groups in total. The molecule has 1 aromatic heterocycles. The lowest BCUT2D eigenvalue weighted by molar-refractivity contribution is -0.139. The zero-order chi connectivity index (χ0) is 13.7. The van der Waals surface area contributed by atoms with Crippen molar-refractivity contribution in [1.82, 2.24) is 4.98 Å². The standard InChI is InChI=1S/C14H15NO4/c16-11(9-14(17)18)5-7-19-12-3-4-13-10(8-12)2-1-6-15-13/h1-4,6,8,11,16H,5,7,9H2,(H,17,18). The first-order chi connectivity index (χ1) is 9.15. The number of carbonyl (C=O) groups is 1. The molecule has 0 saturated carbocycles. The van der Waals surface area contributed by atoms with Crippen LogP contribution in [0.1, 0.15) is 12.8 Å². The van der Waals surface area contributed by atoms with E-state index in [4.69, 9.17) is 9.84 Å². The van der Waals surface area contributed by atoms with Crippen LogP contribution >= 0.6 is 0 Å². The highest BCUT2D eigenvalue weighted by Crippen LogP contribution is 2.19. The largest absolute Gasteiger partial charge is 0.493 e. The maximum absolute atomic E-state index is 10.4. The first-order valence-corrected chi connectivity index (χ1v) is 6.02. The highest BCUT2D eigenvalue weighted by Gasteiger charge is 2.09. The molecule has 1 unspecified atom stereocenters. The summed E-state index contributed by atoms with van der Waals surface area (Å²) in [5.74, 6) is -0.327. The summed E-state index contributed by atoms with van der Waals surface area (Å²) in [7, 11) is 0. The van der Waals surface area contributed by atoms with Gasteiger partial charge in [-0.25, -0.2) is 0 Å². The molecule has 0 bridgehead atoms. The van der Waals surface area contributed by atoms with Crippen LogP contribution in [0.3, 0.4) is 0 Å². The van der Waals surface area contributed by atoms with Crippen LogP contribution in [0.5, 0.6) is 5.75 Å². The van der Waals surface area contributed by atoms with E-state index in [0.717, 1.165) is 10.9 Å². The number of ether oxygens (including phenoxy) is 1. The third kappa shape index (κ3) is 3.93. The summed E-state index contributed by atoms with van der Waals surface area (Å²) in [6.07, 6.45) is 0.882. The maximum atomic E-state index is 10.4. The molecule has 0 fully saturated rings. The molecule has 5 nitrogen and oxygen atoms in total. The average molecular weight is 261 g/mol. The van der Waals surface area contributed by atoms with Crippen LogP contribution in [-0.2, 0) is 4.79 Å². The van der Waals surface area contributed by atoms with Crippen LogP contribution in [0.15, 0.2) is 36.5 Å². The number of hydrogen-bond acceptors (Lipinski definition) is 4. The van der Waals surface area contributed by atoms with Gasteiger partial charge in [-0.2, -0.15) is 0 Å². The highest BCUT2D eigenvalue weighted by molar-refractivity contribution is 5.79. The normalized spacial score (nSPS) is 12.3. The number of aliphatic hydroxyl groups excluding tert-OH is 1. The number of carboxylic acids is 1. The second kappa shape index (κ2) is 6.15. The monoisotopic (exact) mass is 261 g/mol. The Morgan fingerprint density at radius 2 is 2.21 bits per heavy atom.